The predicted octanol–water partition coefficient (Wildman–Crippen LogP) is 2.45. The first-order valence-corrected chi connectivity index (χ1v) is 6.03. The molecule has 0 aromatic carbocycles. The summed E-state index contributed by atoms with van der Waals surface area (Å²) in [6.07, 6.45) is 11.8. The quantitative estimate of drug-likeness (QED) is 0.689. The van der Waals surface area contributed by atoms with Crippen molar-refractivity contribution < 1.29 is 9.84 Å². The molecule has 2 aliphatic carbocycles. The van der Waals surface area contributed by atoms with E-state index in [0.29, 0.717) is 6.10 Å². The lowest BCUT2D eigenvalue weighted by Gasteiger charge is -2.29. The molecule has 0 aromatic heterocycles. The number of hydrogen-bond donors (Lipinski definition) is 1. The van der Waals surface area contributed by atoms with Gasteiger partial charge in [0.15, 0.2) is 6.10 Å². The fourth-order valence-corrected chi connectivity index (χ4v) is 2.50. The van der Waals surface area contributed by atoms with Gasteiger partial charge in [0.1, 0.15) is 6.42 Å². The molecule has 2 fully saturated rings. The van der Waals surface area contributed by atoms with Gasteiger partial charge >= 0.3 is 0 Å². The summed E-state index contributed by atoms with van der Waals surface area (Å²) in [6.45, 7) is 0. The average molecular weight is 197 g/mol. The van der Waals surface area contributed by atoms with Gasteiger partial charge in [0, 0.05) is 6.42 Å². The van der Waals surface area contributed by atoms with E-state index in [0.717, 1.165) is 25.7 Å². The van der Waals surface area contributed by atoms with Gasteiger partial charge in [0.25, 0.3) is 0 Å². The first-order chi connectivity index (χ1) is 6.86. The molecule has 2 aliphatic rings. The molecule has 2 nitrogen and oxygen atoms in total. The normalized spacial score (nSPS) is 39.1. The predicted molar refractivity (Wildman–Crippen MR) is 55.9 cm³/mol. The van der Waals surface area contributed by atoms with Crippen LogP contribution >= 0.6 is 0 Å². The van der Waals surface area contributed by atoms with Crippen molar-refractivity contribution in [1.29, 1.82) is 0 Å². The summed E-state index contributed by atoms with van der Waals surface area (Å²) in [5.41, 5.74) is 0. The Morgan fingerprint density at radius 3 is 2.50 bits per heavy atom. The molecular weight excluding hydrogens is 176 g/mol. The maximum Gasteiger partial charge on any atom is 0.197 e. The summed E-state index contributed by atoms with van der Waals surface area (Å²) < 4.78 is 5.94. The van der Waals surface area contributed by atoms with Crippen LogP contribution in [0, 0.1) is 6.42 Å². The summed E-state index contributed by atoms with van der Waals surface area (Å²) in [6, 6.07) is 0. The zero-order valence-corrected chi connectivity index (χ0v) is 8.82. The van der Waals surface area contributed by atoms with Crippen molar-refractivity contribution in [3.8, 4) is 0 Å². The minimum Gasteiger partial charge on any atom is -0.390 e. The Balaban J connectivity index is 1.76. The summed E-state index contributed by atoms with van der Waals surface area (Å²) >= 11 is 0. The van der Waals surface area contributed by atoms with Gasteiger partial charge in [-0.15, -0.1) is 0 Å². The van der Waals surface area contributed by atoms with Gasteiger partial charge in [-0.25, -0.2) is 0 Å². The third-order valence-electron chi connectivity index (χ3n) is 3.39. The number of ether oxygens (including phenoxy) is 1. The summed E-state index contributed by atoms with van der Waals surface area (Å²) in [5.74, 6) is 0. The van der Waals surface area contributed by atoms with Crippen LogP contribution in [0.4, 0.5) is 0 Å². The summed E-state index contributed by atoms with van der Waals surface area (Å²) in [7, 11) is 0. The van der Waals surface area contributed by atoms with E-state index in [1.165, 1.54) is 25.7 Å². The molecule has 0 radical (unpaired) electrons. The first kappa shape index (κ1) is 10.3. The van der Waals surface area contributed by atoms with Crippen molar-refractivity contribution in [2.75, 3.05) is 0 Å². The molecule has 80 valence electrons. The maximum atomic E-state index is 9.76. The monoisotopic (exact) mass is 197 g/mol. The van der Waals surface area contributed by atoms with Crippen LogP contribution in [-0.4, -0.2) is 23.4 Å². The van der Waals surface area contributed by atoms with Crippen molar-refractivity contribution >= 4 is 0 Å². The molecule has 0 aromatic rings. The molecular formula is C12H21O2+. The van der Waals surface area contributed by atoms with E-state index in [4.69, 9.17) is 4.74 Å². The molecule has 0 bridgehead atoms. The Morgan fingerprint density at radius 1 is 1.00 bits per heavy atom. The fraction of sp³-hybridized carbons (Fsp3) is 0.917. The maximum absolute atomic E-state index is 9.76. The van der Waals surface area contributed by atoms with Gasteiger partial charge < -0.3 is 9.84 Å². The SMILES string of the molecule is OC1CCCCC1OC1[CH+]CCCC1. The third kappa shape index (κ3) is 2.64. The minimum absolute atomic E-state index is 0.114. The molecule has 0 aliphatic heterocycles. The molecule has 2 heteroatoms. The molecule has 0 saturated heterocycles. The smallest absolute Gasteiger partial charge is 0.197 e. The molecule has 14 heavy (non-hydrogen) atoms. The average Bonchev–Trinajstić information content (AvgIpc) is 2.23. The highest BCUT2D eigenvalue weighted by Gasteiger charge is 2.30. The van der Waals surface area contributed by atoms with Crippen LogP contribution in [0.5, 0.6) is 0 Å². The Kier molecular flexibility index (Phi) is 3.71. The van der Waals surface area contributed by atoms with E-state index < -0.39 is 0 Å². The summed E-state index contributed by atoms with van der Waals surface area (Å²) in [5, 5.41) is 9.76. The van der Waals surface area contributed by atoms with Crippen LogP contribution < -0.4 is 0 Å². The van der Waals surface area contributed by atoms with Gasteiger partial charge in [-0.2, -0.15) is 0 Å². The number of hydrogen-bond acceptors (Lipinski definition) is 2. The second-order valence-corrected chi connectivity index (χ2v) is 4.58. The van der Waals surface area contributed by atoms with E-state index >= 15 is 0 Å². The zero-order valence-electron chi connectivity index (χ0n) is 8.82. The van der Waals surface area contributed by atoms with Gasteiger partial charge in [-0.3, -0.25) is 0 Å². The highest BCUT2D eigenvalue weighted by atomic mass is 16.5. The van der Waals surface area contributed by atoms with Crippen molar-refractivity contribution in [3.05, 3.63) is 6.42 Å². The van der Waals surface area contributed by atoms with E-state index in [1.54, 1.807) is 0 Å². The molecule has 2 rings (SSSR count). The number of rotatable bonds is 2. The summed E-state index contributed by atoms with van der Waals surface area (Å²) in [4.78, 5) is 0. The highest BCUT2D eigenvalue weighted by molar-refractivity contribution is 4.85. The Labute approximate surface area is 86.6 Å². The molecule has 3 atom stereocenters. The van der Waals surface area contributed by atoms with Crippen molar-refractivity contribution in [3.63, 3.8) is 0 Å². The molecule has 2 saturated carbocycles. The molecule has 3 unspecified atom stereocenters. The fourth-order valence-electron chi connectivity index (χ4n) is 2.50. The molecule has 0 spiro atoms. The van der Waals surface area contributed by atoms with Crippen LogP contribution in [0.2, 0.25) is 0 Å². The van der Waals surface area contributed by atoms with Gasteiger partial charge in [-0.05, 0) is 25.7 Å². The Bertz CT molecular complexity index is 164. The molecule has 0 heterocycles. The van der Waals surface area contributed by atoms with Crippen LogP contribution in [0.15, 0.2) is 0 Å². The zero-order chi connectivity index (χ0) is 9.80. The number of aliphatic hydroxyl groups is 1. The molecule has 1 N–H and O–H groups in total. The minimum atomic E-state index is -0.209. The van der Waals surface area contributed by atoms with Gasteiger partial charge in [-0.1, -0.05) is 12.8 Å². The highest BCUT2D eigenvalue weighted by Crippen LogP contribution is 2.26. The standard InChI is InChI=1S/C12H21O2/c13-11-8-4-5-9-12(11)14-10-6-2-1-3-7-10/h6,10-13H,1-5,7-9H2/q+1. The van der Waals surface area contributed by atoms with E-state index in [1.807, 2.05) is 0 Å². The van der Waals surface area contributed by atoms with E-state index in [-0.39, 0.29) is 12.2 Å². The van der Waals surface area contributed by atoms with Crippen LogP contribution in [0.25, 0.3) is 0 Å². The molecule has 0 amide bonds. The van der Waals surface area contributed by atoms with Crippen LogP contribution in [0.3, 0.4) is 0 Å². The number of aliphatic hydroxyl groups excluding tert-OH is 1. The first-order valence-electron chi connectivity index (χ1n) is 6.03. The Hall–Kier alpha value is -0.210. The van der Waals surface area contributed by atoms with E-state index in [9.17, 15) is 5.11 Å². The van der Waals surface area contributed by atoms with Crippen molar-refractivity contribution in [2.24, 2.45) is 0 Å². The lowest BCUT2D eigenvalue weighted by Crippen LogP contribution is -2.36. The topological polar surface area (TPSA) is 29.5 Å². The van der Waals surface area contributed by atoms with Crippen molar-refractivity contribution in [2.45, 2.75) is 69.7 Å². The third-order valence-corrected chi connectivity index (χ3v) is 3.39. The van der Waals surface area contributed by atoms with Crippen LogP contribution in [0.1, 0.15) is 51.4 Å². The lowest BCUT2D eigenvalue weighted by molar-refractivity contribution is -0.0897. The lowest BCUT2D eigenvalue weighted by atomic mass is 9.93. The van der Waals surface area contributed by atoms with Crippen LogP contribution in [-0.2, 0) is 4.74 Å². The van der Waals surface area contributed by atoms with E-state index in [2.05, 4.69) is 6.42 Å². The Morgan fingerprint density at radius 2 is 1.79 bits per heavy atom. The second-order valence-electron chi connectivity index (χ2n) is 4.58. The largest absolute Gasteiger partial charge is 0.390 e. The second kappa shape index (κ2) is 5.04. The van der Waals surface area contributed by atoms with Gasteiger partial charge in [0.05, 0.1) is 18.6 Å². The van der Waals surface area contributed by atoms with Crippen molar-refractivity contribution in [1.82, 2.24) is 0 Å². The van der Waals surface area contributed by atoms with Gasteiger partial charge in [0.2, 0.25) is 0 Å².